The molecule has 0 atom stereocenters. The van der Waals surface area contributed by atoms with Gasteiger partial charge in [-0.3, -0.25) is 14.3 Å². The molecule has 0 aliphatic carbocycles. The third kappa shape index (κ3) is 3.96. The lowest BCUT2D eigenvalue weighted by Crippen LogP contribution is -2.25. The maximum absolute atomic E-state index is 15.2. The highest BCUT2D eigenvalue weighted by Gasteiger charge is 2.26. The fourth-order valence-electron chi connectivity index (χ4n) is 3.54. The van der Waals surface area contributed by atoms with Gasteiger partial charge in [0.2, 0.25) is 0 Å². The van der Waals surface area contributed by atoms with E-state index in [1.54, 1.807) is 30.5 Å². The van der Waals surface area contributed by atoms with E-state index in [9.17, 15) is 9.90 Å². The summed E-state index contributed by atoms with van der Waals surface area (Å²) in [6.45, 7) is -0.573. The van der Waals surface area contributed by atoms with Crippen LogP contribution in [0.15, 0.2) is 59.9 Å². The van der Waals surface area contributed by atoms with Gasteiger partial charge in [0.25, 0.3) is 5.56 Å². The van der Waals surface area contributed by atoms with E-state index in [0.717, 1.165) is 6.07 Å². The van der Waals surface area contributed by atoms with E-state index in [1.807, 2.05) is 0 Å². The van der Waals surface area contributed by atoms with Crippen LogP contribution in [0.4, 0.5) is 20.2 Å². The number of benzene rings is 2. The van der Waals surface area contributed by atoms with Gasteiger partial charge in [-0.25, -0.2) is 13.8 Å². The third-order valence-electron chi connectivity index (χ3n) is 5.12. The number of nitrogens with zero attached hydrogens (tertiary/aromatic N) is 4. The number of rotatable bonds is 7. The Morgan fingerprint density at radius 3 is 2.42 bits per heavy atom. The second-order valence-corrected chi connectivity index (χ2v) is 6.97. The predicted molar refractivity (Wildman–Crippen MR) is 119 cm³/mol. The number of aliphatic hydroxyl groups is 1. The van der Waals surface area contributed by atoms with Crippen LogP contribution < -0.4 is 19.9 Å². The number of aromatic nitrogens is 3. The molecule has 0 fully saturated rings. The van der Waals surface area contributed by atoms with Gasteiger partial charge in [0.1, 0.15) is 12.0 Å². The third-order valence-corrected chi connectivity index (χ3v) is 5.12. The van der Waals surface area contributed by atoms with E-state index >= 15 is 8.78 Å². The minimum absolute atomic E-state index is 0.160. The number of ether oxygens (including phenoxy) is 2. The standard InChI is InChI=1S/C23H20F2N4O4/c1-32-18-11-19(33-2)21(25)22(20(18)24)28(8-9-30)14-5-6-17-16(10-14)23(31)29(13-27-17)15-4-3-7-26-12-15/h3-7,10-13,30H,8-9H2,1-2H3. The lowest BCUT2D eigenvalue weighted by Gasteiger charge is -2.26. The number of halogens is 2. The Morgan fingerprint density at radius 2 is 1.82 bits per heavy atom. The van der Waals surface area contributed by atoms with E-state index in [0.29, 0.717) is 11.2 Å². The van der Waals surface area contributed by atoms with Gasteiger partial charge < -0.3 is 19.5 Å². The number of anilines is 2. The van der Waals surface area contributed by atoms with Crippen molar-refractivity contribution in [1.82, 2.24) is 14.5 Å². The summed E-state index contributed by atoms with van der Waals surface area (Å²) in [5.74, 6) is -2.40. The van der Waals surface area contributed by atoms with Crippen LogP contribution in [0, 0.1) is 11.6 Å². The van der Waals surface area contributed by atoms with Gasteiger partial charge in [-0.05, 0) is 30.3 Å². The van der Waals surface area contributed by atoms with E-state index < -0.39 is 23.9 Å². The van der Waals surface area contributed by atoms with Gasteiger partial charge in [0.15, 0.2) is 23.1 Å². The molecule has 0 spiro atoms. The molecule has 10 heteroatoms. The minimum Gasteiger partial charge on any atom is -0.493 e. The number of methoxy groups -OCH3 is 2. The summed E-state index contributed by atoms with van der Waals surface area (Å²) in [5.41, 5.74) is 0.327. The smallest absolute Gasteiger partial charge is 0.265 e. The van der Waals surface area contributed by atoms with Crippen LogP contribution in [0.1, 0.15) is 0 Å². The Hall–Kier alpha value is -4.05. The van der Waals surface area contributed by atoms with Crippen molar-refractivity contribution in [3.8, 4) is 17.2 Å². The zero-order valence-electron chi connectivity index (χ0n) is 17.8. The highest BCUT2D eigenvalue weighted by Crippen LogP contribution is 2.40. The van der Waals surface area contributed by atoms with Gasteiger partial charge >= 0.3 is 0 Å². The van der Waals surface area contributed by atoms with Crippen LogP contribution in [0.2, 0.25) is 0 Å². The SMILES string of the molecule is COc1cc(OC)c(F)c(N(CCO)c2ccc3ncn(-c4cccnc4)c(=O)c3c2)c1F. The molecule has 0 unspecified atom stereocenters. The van der Waals surface area contributed by atoms with Crippen molar-refractivity contribution in [2.45, 2.75) is 0 Å². The summed E-state index contributed by atoms with van der Waals surface area (Å²) < 4.78 is 41.7. The molecule has 0 bridgehead atoms. The van der Waals surface area contributed by atoms with Crippen LogP contribution in [0.25, 0.3) is 16.6 Å². The highest BCUT2D eigenvalue weighted by molar-refractivity contribution is 5.84. The van der Waals surface area contributed by atoms with Crippen LogP contribution >= 0.6 is 0 Å². The summed E-state index contributed by atoms with van der Waals surface area (Å²) in [6.07, 6.45) is 4.49. The van der Waals surface area contributed by atoms with Gasteiger partial charge in [0.05, 0.1) is 43.6 Å². The minimum atomic E-state index is -0.969. The summed E-state index contributed by atoms with van der Waals surface area (Å²) in [6, 6.07) is 9.09. The zero-order chi connectivity index (χ0) is 23.5. The molecule has 2 heterocycles. The molecule has 0 saturated carbocycles. The van der Waals surface area contributed by atoms with Crippen molar-refractivity contribution in [2.24, 2.45) is 0 Å². The molecule has 0 saturated heterocycles. The molecule has 0 aliphatic heterocycles. The number of aliphatic hydroxyl groups excluding tert-OH is 1. The molecule has 170 valence electrons. The molecule has 4 rings (SSSR count). The van der Waals surface area contributed by atoms with Crippen molar-refractivity contribution in [1.29, 1.82) is 0 Å². The first-order valence-corrected chi connectivity index (χ1v) is 9.90. The number of hydrogen-bond donors (Lipinski definition) is 1. The predicted octanol–water partition coefficient (Wildman–Crippen LogP) is 3.21. The molecule has 8 nitrogen and oxygen atoms in total. The Kier molecular flexibility index (Phi) is 6.18. The second-order valence-electron chi connectivity index (χ2n) is 6.97. The molecular formula is C23H20F2N4O4. The molecule has 4 aromatic rings. The first kappa shape index (κ1) is 22.2. The summed E-state index contributed by atoms with van der Waals surface area (Å²) >= 11 is 0. The fraction of sp³-hybridized carbons (Fsp3) is 0.174. The second kappa shape index (κ2) is 9.21. The maximum atomic E-state index is 15.2. The average molecular weight is 454 g/mol. The largest absolute Gasteiger partial charge is 0.493 e. The van der Waals surface area contributed by atoms with E-state index in [2.05, 4.69) is 9.97 Å². The van der Waals surface area contributed by atoms with E-state index in [4.69, 9.17) is 9.47 Å². The van der Waals surface area contributed by atoms with Crippen LogP contribution in [-0.4, -0.2) is 47.0 Å². The normalized spacial score (nSPS) is 10.9. The molecule has 2 aromatic heterocycles. The van der Waals surface area contributed by atoms with Gasteiger partial charge in [0, 0.05) is 24.5 Å². The van der Waals surface area contributed by atoms with Gasteiger partial charge in [-0.2, -0.15) is 0 Å². The van der Waals surface area contributed by atoms with Crippen molar-refractivity contribution in [2.75, 3.05) is 32.3 Å². The lowest BCUT2D eigenvalue weighted by molar-refractivity contribution is 0.304. The highest BCUT2D eigenvalue weighted by atomic mass is 19.1. The quantitative estimate of drug-likeness (QED) is 0.459. The van der Waals surface area contributed by atoms with E-state index in [1.165, 1.54) is 42.3 Å². The molecular weight excluding hydrogens is 434 g/mol. The summed E-state index contributed by atoms with van der Waals surface area (Å²) in [5, 5.41) is 9.84. The number of pyridine rings is 1. The van der Waals surface area contributed by atoms with Crippen LogP contribution in [0.3, 0.4) is 0 Å². The first-order chi connectivity index (χ1) is 16.0. The summed E-state index contributed by atoms with van der Waals surface area (Å²) in [4.78, 5) is 22.7. The molecule has 0 aliphatic rings. The Balaban J connectivity index is 1.92. The van der Waals surface area contributed by atoms with Gasteiger partial charge in [-0.1, -0.05) is 0 Å². The lowest BCUT2D eigenvalue weighted by atomic mass is 10.1. The van der Waals surface area contributed by atoms with Gasteiger partial charge in [-0.15, -0.1) is 0 Å². The Labute approximate surface area is 187 Å². The molecule has 1 N–H and O–H groups in total. The number of hydrogen-bond acceptors (Lipinski definition) is 7. The molecule has 33 heavy (non-hydrogen) atoms. The van der Waals surface area contributed by atoms with Crippen LogP contribution in [-0.2, 0) is 0 Å². The topological polar surface area (TPSA) is 89.7 Å². The molecule has 0 radical (unpaired) electrons. The fourth-order valence-corrected chi connectivity index (χ4v) is 3.54. The molecule has 0 amide bonds. The van der Waals surface area contributed by atoms with Crippen LogP contribution in [0.5, 0.6) is 11.5 Å². The zero-order valence-corrected chi connectivity index (χ0v) is 17.8. The Bertz CT molecular complexity index is 1330. The van der Waals surface area contributed by atoms with Crippen molar-refractivity contribution >= 4 is 22.3 Å². The number of fused-ring (bicyclic) bond motifs is 1. The maximum Gasteiger partial charge on any atom is 0.265 e. The van der Waals surface area contributed by atoms with Crippen molar-refractivity contribution in [3.63, 3.8) is 0 Å². The average Bonchev–Trinajstić information content (AvgIpc) is 2.84. The Morgan fingerprint density at radius 1 is 1.09 bits per heavy atom. The monoisotopic (exact) mass is 454 g/mol. The first-order valence-electron chi connectivity index (χ1n) is 9.90. The van der Waals surface area contributed by atoms with Crippen molar-refractivity contribution < 1.29 is 23.4 Å². The van der Waals surface area contributed by atoms with E-state index in [-0.39, 0.29) is 34.7 Å². The van der Waals surface area contributed by atoms with Crippen molar-refractivity contribution in [3.05, 3.63) is 77.1 Å². The summed E-state index contributed by atoms with van der Waals surface area (Å²) in [7, 11) is 2.50. The molecule has 2 aromatic carbocycles.